The molecule has 0 aromatic heterocycles. The van der Waals surface area contributed by atoms with Crippen LogP contribution in [0, 0.1) is 0 Å². The van der Waals surface area contributed by atoms with Crippen molar-refractivity contribution >= 4 is 23.0 Å². The molecule has 31 heavy (non-hydrogen) atoms. The number of nitrogens with one attached hydrogen (secondary N) is 1. The van der Waals surface area contributed by atoms with E-state index in [9.17, 15) is 9.59 Å². The molecule has 3 aromatic rings. The molecule has 0 saturated heterocycles. The fourth-order valence-electron chi connectivity index (χ4n) is 3.38. The Balaban J connectivity index is 1.88. The van der Waals surface area contributed by atoms with Crippen molar-refractivity contribution in [2.24, 2.45) is 0 Å². The molecule has 0 aliphatic rings. The average molecular weight is 415 g/mol. The van der Waals surface area contributed by atoms with Crippen LogP contribution in [-0.2, 0) is 9.59 Å². The van der Waals surface area contributed by atoms with Gasteiger partial charge in [-0.3, -0.25) is 9.59 Å². The number of carbonyl (C=O) groups is 2. The number of rotatable bonds is 9. The van der Waals surface area contributed by atoms with E-state index in [1.807, 2.05) is 60.7 Å². The Morgan fingerprint density at radius 3 is 1.90 bits per heavy atom. The van der Waals surface area contributed by atoms with E-state index in [1.54, 1.807) is 0 Å². The van der Waals surface area contributed by atoms with E-state index in [4.69, 9.17) is 9.84 Å². The van der Waals surface area contributed by atoms with Crippen LogP contribution in [0.3, 0.4) is 0 Å². The lowest BCUT2D eigenvalue weighted by Gasteiger charge is -2.17. The lowest BCUT2D eigenvalue weighted by molar-refractivity contribution is -0.138. The van der Waals surface area contributed by atoms with Gasteiger partial charge in [0.25, 0.3) is 5.91 Å². The summed E-state index contributed by atoms with van der Waals surface area (Å²) >= 11 is 0. The van der Waals surface area contributed by atoms with Gasteiger partial charge in [-0.2, -0.15) is 0 Å². The van der Waals surface area contributed by atoms with E-state index < -0.39 is 18.4 Å². The highest BCUT2D eigenvalue weighted by molar-refractivity contribution is 5.98. The van der Waals surface area contributed by atoms with Crippen molar-refractivity contribution in [1.82, 2.24) is 5.32 Å². The van der Waals surface area contributed by atoms with Gasteiger partial charge in [0.05, 0.1) is 0 Å². The van der Waals surface area contributed by atoms with Crippen molar-refractivity contribution in [1.29, 1.82) is 0 Å². The lowest BCUT2D eigenvalue weighted by atomic mass is 9.88. The summed E-state index contributed by atoms with van der Waals surface area (Å²) in [7, 11) is 0. The fourth-order valence-corrected chi connectivity index (χ4v) is 3.38. The molecule has 3 aromatic carbocycles. The molecule has 0 bridgehead atoms. The summed E-state index contributed by atoms with van der Waals surface area (Å²) in [5.74, 6) is -1.03. The molecule has 0 heterocycles. The van der Waals surface area contributed by atoms with E-state index in [1.165, 1.54) is 11.1 Å². The first-order valence-corrected chi connectivity index (χ1v) is 10.1. The third-order valence-electron chi connectivity index (χ3n) is 4.79. The Kier molecular flexibility index (Phi) is 7.60. The molecule has 0 atom stereocenters. The highest BCUT2D eigenvalue weighted by Gasteiger charge is 2.13. The van der Waals surface area contributed by atoms with Crippen molar-refractivity contribution < 1.29 is 19.4 Å². The van der Waals surface area contributed by atoms with Crippen LogP contribution in [0.1, 0.15) is 30.0 Å². The molecule has 2 N–H and O–H groups in total. The van der Waals surface area contributed by atoms with Crippen LogP contribution in [0.2, 0.25) is 0 Å². The second-order valence-electron chi connectivity index (χ2n) is 6.92. The van der Waals surface area contributed by atoms with Gasteiger partial charge < -0.3 is 15.2 Å². The smallest absolute Gasteiger partial charge is 0.322 e. The van der Waals surface area contributed by atoms with E-state index >= 15 is 0 Å². The number of allylic oxidation sites excluding steroid dienone is 1. The van der Waals surface area contributed by atoms with Crippen molar-refractivity contribution in [2.75, 3.05) is 13.2 Å². The second kappa shape index (κ2) is 10.8. The Bertz CT molecular complexity index is 1040. The van der Waals surface area contributed by atoms with Crippen LogP contribution >= 0.6 is 0 Å². The molecule has 1 amide bonds. The van der Waals surface area contributed by atoms with E-state index in [0.717, 1.165) is 23.1 Å². The zero-order valence-electron chi connectivity index (χ0n) is 17.4. The number of carboxylic acid groups (broad SMARTS) is 1. The predicted molar refractivity (Wildman–Crippen MR) is 122 cm³/mol. The molecule has 0 saturated carbocycles. The minimum Gasteiger partial charge on any atom is -0.484 e. The number of ether oxygens (including phenoxy) is 1. The van der Waals surface area contributed by atoms with Crippen molar-refractivity contribution in [3.05, 3.63) is 102 Å². The Hall–Kier alpha value is -3.86. The van der Waals surface area contributed by atoms with E-state index in [-0.39, 0.29) is 6.61 Å². The van der Waals surface area contributed by atoms with Crippen molar-refractivity contribution in [3.8, 4) is 5.75 Å². The summed E-state index contributed by atoms with van der Waals surface area (Å²) in [6.07, 6.45) is 0.871. The number of amides is 1. The molecule has 0 unspecified atom stereocenters. The molecule has 0 radical (unpaired) electrons. The van der Waals surface area contributed by atoms with Crippen LogP contribution in [0.25, 0.3) is 11.1 Å². The van der Waals surface area contributed by atoms with Crippen LogP contribution in [0.15, 0.2) is 84.9 Å². The summed E-state index contributed by atoms with van der Waals surface area (Å²) in [6, 6.07) is 28.2. The van der Waals surface area contributed by atoms with Crippen LogP contribution in [0.4, 0.5) is 0 Å². The Morgan fingerprint density at radius 1 is 0.806 bits per heavy atom. The zero-order valence-corrected chi connectivity index (χ0v) is 17.4. The maximum absolute atomic E-state index is 11.7. The first-order chi connectivity index (χ1) is 15.1. The molecule has 158 valence electrons. The SMILES string of the molecule is CCC(=C(c1ccccc1)c1ccc(OCC(=O)NCC(=O)O)cc1)c1ccccc1. The quantitative estimate of drug-likeness (QED) is 0.500. The molecule has 0 aliphatic heterocycles. The molecular formula is C26H25NO4. The number of carboxylic acids is 1. The predicted octanol–water partition coefficient (Wildman–Crippen LogP) is 4.64. The summed E-state index contributed by atoms with van der Waals surface area (Å²) in [4.78, 5) is 22.2. The normalized spacial score (nSPS) is 11.4. The monoisotopic (exact) mass is 415 g/mol. The van der Waals surface area contributed by atoms with Crippen LogP contribution < -0.4 is 10.1 Å². The van der Waals surface area contributed by atoms with Gasteiger partial charge in [-0.05, 0) is 46.4 Å². The van der Waals surface area contributed by atoms with Gasteiger partial charge in [0.2, 0.25) is 0 Å². The zero-order chi connectivity index (χ0) is 22.1. The highest BCUT2D eigenvalue weighted by Crippen LogP contribution is 2.34. The maximum atomic E-state index is 11.7. The van der Waals surface area contributed by atoms with E-state index in [2.05, 4.69) is 36.5 Å². The van der Waals surface area contributed by atoms with Crippen LogP contribution in [-0.4, -0.2) is 30.1 Å². The van der Waals surface area contributed by atoms with Crippen molar-refractivity contribution in [2.45, 2.75) is 13.3 Å². The Labute approximate surface area is 182 Å². The first kappa shape index (κ1) is 21.8. The fraction of sp³-hybridized carbons (Fsp3) is 0.154. The maximum Gasteiger partial charge on any atom is 0.322 e. The largest absolute Gasteiger partial charge is 0.484 e. The van der Waals surface area contributed by atoms with Crippen LogP contribution in [0.5, 0.6) is 5.75 Å². The summed E-state index contributed by atoms with van der Waals surface area (Å²) in [5.41, 5.74) is 5.76. The third kappa shape index (κ3) is 6.06. The molecule has 0 fully saturated rings. The van der Waals surface area contributed by atoms with E-state index in [0.29, 0.717) is 5.75 Å². The van der Waals surface area contributed by atoms with Gasteiger partial charge in [0.1, 0.15) is 12.3 Å². The summed E-state index contributed by atoms with van der Waals surface area (Å²) < 4.78 is 5.49. The van der Waals surface area contributed by atoms with Gasteiger partial charge >= 0.3 is 5.97 Å². The number of carbonyl (C=O) groups excluding carboxylic acids is 1. The molecular weight excluding hydrogens is 390 g/mol. The lowest BCUT2D eigenvalue weighted by Crippen LogP contribution is -2.33. The minimum absolute atomic E-state index is 0.238. The van der Waals surface area contributed by atoms with Crippen molar-refractivity contribution in [3.63, 3.8) is 0 Å². The summed E-state index contributed by atoms with van der Waals surface area (Å²) in [6.45, 7) is 1.49. The second-order valence-corrected chi connectivity index (χ2v) is 6.92. The van der Waals surface area contributed by atoms with Gasteiger partial charge in [0, 0.05) is 0 Å². The summed E-state index contributed by atoms with van der Waals surface area (Å²) in [5, 5.41) is 10.9. The first-order valence-electron chi connectivity index (χ1n) is 10.1. The standard InChI is InChI=1S/C26H25NO4/c1-2-23(19-9-5-3-6-10-19)26(20-11-7-4-8-12-20)21-13-15-22(16-14-21)31-18-24(28)27-17-25(29)30/h3-16H,2,17-18H2,1H3,(H,27,28)(H,29,30). The van der Waals surface area contributed by atoms with Gasteiger partial charge in [-0.25, -0.2) is 0 Å². The third-order valence-corrected chi connectivity index (χ3v) is 4.79. The topological polar surface area (TPSA) is 75.6 Å². The van der Waals surface area contributed by atoms with Gasteiger partial charge in [-0.15, -0.1) is 0 Å². The Morgan fingerprint density at radius 2 is 1.35 bits per heavy atom. The van der Waals surface area contributed by atoms with Gasteiger partial charge in [-0.1, -0.05) is 79.7 Å². The minimum atomic E-state index is -1.09. The van der Waals surface area contributed by atoms with Gasteiger partial charge in [0.15, 0.2) is 6.61 Å². The molecule has 0 aliphatic carbocycles. The number of aliphatic carboxylic acids is 1. The average Bonchev–Trinajstić information content (AvgIpc) is 2.81. The molecule has 0 spiro atoms. The highest BCUT2D eigenvalue weighted by atomic mass is 16.5. The molecule has 5 heteroatoms. The molecule has 3 rings (SSSR count). The number of hydrogen-bond donors (Lipinski definition) is 2. The number of benzene rings is 3. The molecule has 5 nitrogen and oxygen atoms in total. The number of hydrogen-bond acceptors (Lipinski definition) is 3.